The Morgan fingerprint density at radius 2 is 1.96 bits per heavy atom. The average Bonchev–Trinajstić information content (AvgIpc) is 3.30. The molecule has 0 atom stereocenters. The van der Waals surface area contributed by atoms with Crippen LogP contribution >= 0.6 is 11.3 Å². The molecular weight excluding hydrogens is 332 g/mol. The second-order valence-corrected chi connectivity index (χ2v) is 8.32. The molecule has 0 bridgehead atoms. The number of rotatable bonds is 4. The zero-order valence-corrected chi connectivity index (χ0v) is 15.7. The zero-order chi connectivity index (χ0) is 17.2. The number of anilines is 1. The monoisotopic (exact) mass is 358 g/mol. The maximum Gasteiger partial charge on any atom is 0.222 e. The summed E-state index contributed by atoms with van der Waals surface area (Å²) in [6.07, 6.45) is 8.54. The molecule has 2 aromatic rings. The van der Waals surface area contributed by atoms with Gasteiger partial charge in [-0.25, -0.2) is 9.97 Å². The molecule has 1 saturated carbocycles. The summed E-state index contributed by atoms with van der Waals surface area (Å²) in [7, 11) is 0. The van der Waals surface area contributed by atoms with E-state index < -0.39 is 0 Å². The lowest BCUT2D eigenvalue weighted by molar-refractivity contribution is -0.132. The first-order chi connectivity index (χ1) is 12.2. The number of amides is 1. The summed E-state index contributed by atoms with van der Waals surface area (Å²) in [6, 6.07) is 2.23. The number of nitrogens with zero attached hydrogens (tertiary/aromatic N) is 4. The zero-order valence-electron chi connectivity index (χ0n) is 14.9. The minimum Gasteiger partial charge on any atom is -0.352 e. The van der Waals surface area contributed by atoms with Crippen LogP contribution in [0.4, 0.5) is 5.82 Å². The Hall–Kier alpha value is -1.69. The van der Waals surface area contributed by atoms with Crippen LogP contribution in [0, 0.1) is 5.92 Å². The number of carbonyl (C=O) groups is 1. The van der Waals surface area contributed by atoms with E-state index in [1.54, 1.807) is 17.7 Å². The van der Waals surface area contributed by atoms with Gasteiger partial charge in [0.1, 0.15) is 17.0 Å². The summed E-state index contributed by atoms with van der Waals surface area (Å²) in [5.41, 5.74) is 0. The van der Waals surface area contributed by atoms with Gasteiger partial charge in [0.05, 0.1) is 5.39 Å². The Labute approximate surface area is 153 Å². The van der Waals surface area contributed by atoms with Gasteiger partial charge >= 0.3 is 0 Å². The molecule has 1 saturated heterocycles. The van der Waals surface area contributed by atoms with Crippen molar-refractivity contribution in [1.82, 2.24) is 14.9 Å². The molecule has 2 aliphatic rings. The first kappa shape index (κ1) is 16.8. The first-order valence-electron chi connectivity index (χ1n) is 9.50. The summed E-state index contributed by atoms with van der Waals surface area (Å²) >= 11 is 1.76. The van der Waals surface area contributed by atoms with Gasteiger partial charge in [-0.2, -0.15) is 0 Å². The van der Waals surface area contributed by atoms with Gasteiger partial charge in [0.2, 0.25) is 5.91 Å². The van der Waals surface area contributed by atoms with Gasteiger partial charge in [0.25, 0.3) is 0 Å². The van der Waals surface area contributed by atoms with Crippen molar-refractivity contribution in [3.8, 4) is 0 Å². The predicted octanol–water partition coefficient (Wildman–Crippen LogP) is 3.48. The standard InChI is InChI=1S/C19H26N4OS/c1-2-15-12-16-18(20-13-21-19(16)25-15)23-9-7-22(8-10-23)17(24)11-14-5-3-4-6-14/h12-14H,2-11H2,1H3. The average molecular weight is 359 g/mol. The molecule has 1 amide bonds. The molecule has 0 unspecified atom stereocenters. The van der Waals surface area contributed by atoms with Crippen LogP contribution in [0.1, 0.15) is 43.9 Å². The van der Waals surface area contributed by atoms with Crippen molar-refractivity contribution in [3.63, 3.8) is 0 Å². The van der Waals surface area contributed by atoms with Crippen LogP contribution in [0.3, 0.4) is 0 Å². The maximum absolute atomic E-state index is 12.5. The van der Waals surface area contributed by atoms with Crippen LogP contribution in [0.15, 0.2) is 12.4 Å². The molecule has 2 aromatic heterocycles. The van der Waals surface area contributed by atoms with E-state index in [1.807, 2.05) is 0 Å². The Morgan fingerprint density at radius 3 is 2.68 bits per heavy atom. The van der Waals surface area contributed by atoms with E-state index >= 15 is 0 Å². The fourth-order valence-electron chi connectivity index (χ4n) is 4.08. The highest BCUT2D eigenvalue weighted by atomic mass is 32.1. The third-order valence-corrected chi connectivity index (χ3v) is 6.77. The third-order valence-electron chi connectivity index (χ3n) is 5.58. The highest BCUT2D eigenvalue weighted by Crippen LogP contribution is 2.31. The van der Waals surface area contributed by atoms with Gasteiger partial charge in [-0.05, 0) is 31.2 Å². The van der Waals surface area contributed by atoms with Gasteiger partial charge in [0.15, 0.2) is 0 Å². The molecule has 6 heteroatoms. The van der Waals surface area contributed by atoms with E-state index in [-0.39, 0.29) is 0 Å². The van der Waals surface area contributed by atoms with E-state index in [4.69, 9.17) is 0 Å². The summed E-state index contributed by atoms with van der Waals surface area (Å²) in [4.78, 5) is 28.3. The van der Waals surface area contributed by atoms with Gasteiger partial charge in [0, 0.05) is 37.5 Å². The molecular formula is C19H26N4OS. The second-order valence-electron chi connectivity index (χ2n) is 7.20. The van der Waals surface area contributed by atoms with Crippen molar-refractivity contribution in [2.75, 3.05) is 31.1 Å². The molecule has 2 fully saturated rings. The fourth-order valence-corrected chi connectivity index (χ4v) is 5.01. The number of hydrogen-bond donors (Lipinski definition) is 0. The van der Waals surface area contributed by atoms with E-state index in [0.29, 0.717) is 11.8 Å². The highest BCUT2D eigenvalue weighted by Gasteiger charge is 2.26. The van der Waals surface area contributed by atoms with Gasteiger partial charge in [-0.1, -0.05) is 19.8 Å². The molecule has 1 aliphatic carbocycles. The van der Waals surface area contributed by atoms with Crippen molar-refractivity contribution >= 4 is 33.3 Å². The van der Waals surface area contributed by atoms with Crippen LogP contribution in [-0.4, -0.2) is 47.0 Å². The fraction of sp³-hybridized carbons (Fsp3) is 0.632. The SMILES string of the molecule is CCc1cc2c(N3CCN(C(=O)CC4CCCC4)CC3)ncnc2s1. The van der Waals surface area contributed by atoms with Crippen molar-refractivity contribution < 1.29 is 4.79 Å². The van der Waals surface area contributed by atoms with E-state index in [1.165, 1.54) is 30.6 Å². The molecule has 0 N–H and O–H groups in total. The largest absolute Gasteiger partial charge is 0.352 e. The molecule has 0 radical (unpaired) electrons. The first-order valence-corrected chi connectivity index (χ1v) is 10.3. The molecule has 0 spiro atoms. The van der Waals surface area contributed by atoms with Crippen LogP contribution in [0.25, 0.3) is 10.2 Å². The lowest BCUT2D eigenvalue weighted by Crippen LogP contribution is -2.49. The molecule has 3 heterocycles. The molecule has 0 aromatic carbocycles. The molecule has 1 aliphatic heterocycles. The van der Waals surface area contributed by atoms with Crippen LogP contribution < -0.4 is 4.90 Å². The number of fused-ring (bicyclic) bond motifs is 1. The van der Waals surface area contributed by atoms with Crippen molar-refractivity contribution in [1.29, 1.82) is 0 Å². The number of aromatic nitrogens is 2. The summed E-state index contributed by atoms with van der Waals surface area (Å²) in [6.45, 7) is 5.51. The molecule has 25 heavy (non-hydrogen) atoms. The lowest BCUT2D eigenvalue weighted by atomic mass is 10.0. The maximum atomic E-state index is 12.5. The second kappa shape index (κ2) is 7.28. The number of aryl methyl sites for hydroxylation is 1. The quantitative estimate of drug-likeness (QED) is 0.839. The van der Waals surface area contributed by atoms with Crippen molar-refractivity contribution in [3.05, 3.63) is 17.3 Å². The van der Waals surface area contributed by atoms with E-state index in [0.717, 1.165) is 55.1 Å². The van der Waals surface area contributed by atoms with Crippen molar-refractivity contribution in [2.24, 2.45) is 5.92 Å². The lowest BCUT2D eigenvalue weighted by Gasteiger charge is -2.36. The highest BCUT2D eigenvalue weighted by molar-refractivity contribution is 7.18. The summed E-state index contributed by atoms with van der Waals surface area (Å²) in [5, 5.41) is 1.16. The molecule has 134 valence electrons. The minimum atomic E-state index is 0.350. The normalized spacial score (nSPS) is 19.1. The number of piperazine rings is 1. The number of carbonyl (C=O) groups excluding carboxylic acids is 1. The van der Waals surface area contributed by atoms with E-state index in [9.17, 15) is 4.79 Å². The molecule has 5 nitrogen and oxygen atoms in total. The topological polar surface area (TPSA) is 49.3 Å². The third kappa shape index (κ3) is 3.50. The van der Waals surface area contributed by atoms with Crippen molar-refractivity contribution in [2.45, 2.75) is 45.4 Å². The number of thiophene rings is 1. The van der Waals surface area contributed by atoms with E-state index in [2.05, 4.69) is 32.8 Å². The predicted molar refractivity (Wildman–Crippen MR) is 102 cm³/mol. The Morgan fingerprint density at radius 1 is 1.20 bits per heavy atom. The smallest absolute Gasteiger partial charge is 0.222 e. The van der Waals surface area contributed by atoms with Gasteiger partial charge in [-0.3, -0.25) is 4.79 Å². The Bertz CT molecular complexity index is 745. The summed E-state index contributed by atoms with van der Waals surface area (Å²) in [5.74, 6) is 2.01. The van der Waals surface area contributed by atoms with Gasteiger partial charge < -0.3 is 9.80 Å². The Kier molecular flexibility index (Phi) is 4.88. The minimum absolute atomic E-state index is 0.350. The van der Waals surface area contributed by atoms with Crippen LogP contribution in [0.5, 0.6) is 0 Å². The Balaban J connectivity index is 1.41. The van der Waals surface area contributed by atoms with Crippen LogP contribution in [0.2, 0.25) is 0 Å². The molecule has 4 rings (SSSR count). The number of hydrogen-bond acceptors (Lipinski definition) is 5. The van der Waals surface area contributed by atoms with Crippen LogP contribution in [-0.2, 0) is 11.2 Å². The van der Waals surface area contributed by atoms with Gasteiger partial charge in [-0.15, -0.1) is 11.3 Å². The summed E-state index contributed by atoms with van der Waals surface area (Å²) < 4.78 is 0.